The van der Waals surface area contributed by atoms with Crippen LogP contribution in [0.2, 0.25) is 0 Å². The fourth-order valence-corrected chi connectivity index (χ4v) is 1.24. The summed E-state index contributed by atoms with van der Waals surface area (Å²) in [4.78, 5) is 0. The Labute approximate surface area is 56.4 Å². The molecule has 0 saturated carbocycles. The SMILES string of the molecule is CCC1(N)COC(C)C1. The molecule has 0 amide bonds. The summed E-state index contributed by atoms with van der Waals surface area (Å²) in [6.07, 6.45) is 2.41. The third kappa shape index (κ3) is 1.43. The van der Waals surface area contributed by atoms with Crippen LogP contribution in [0, 0.1) is 0 Å². The lowest BCUT2D eigenvalue weighted by molar-refractivity contribution is 0.116. The van der Waals surface area contributed by atoms with Crippen molar-refractivity contribution in [3.05, 3.63) is 0 Å². The second kappa shape index (κ2) is 2.27. The Morgan fingerprint density at radius 3 is 2.67 bits per heavy atom. The molecule has 1 saturated heterocycles. The molecule has 0 aliphatic carbocycles. The van der Waals surface area contributed by atoms with Crippen molar-refractivity contribution in [2.75, 3.05) is 6.61 Å². The minimum absolute atomic E-state index is 0.0145. The molecule has 2 heteroatoms. The number of rotatable bonds is 1. The summed E-state index contributed by atoms with van der Waals surface area (Å²) in [5.41, 5.74) is 5.91. The van der Waals surface area contributed by atoms with Crippen LogP contribution in [0.5, 0.6) is 0 Å². The molecule has 1 aliphatic heterocycles. The summed E-state index contributed by atoms with van der Waals surface area (Å²) in [6.45, 7) is 4.93. The third-order valence-corrected chi connectivity index (χ3v) is 2.05. The first-order valence-corrected chi connectivity index (χ1v) is 3.57. The van der Waals surface area contributed by atoms with Crippen molar-refractivity contribution in [2.45, 2.75) is 38.3 Å². The minimum atomic E-state index is -0.0145. The summed E-state index contributed by atoms with van der Waals surface area (Å²) in [6, 6.07) is 0. The van der Waals surface area contributed by atoms with Crippen molar-refractivity contribution in [3.8, 4) is 0 Å². The molecular formula is C7H15NO. The van der Waals surface area contributed by atoms with E-state index in [0.29, 0.717) is 6.10 Å². The molecule has 1 heterocycles. The Morgan fingerprint density at radius 1 is 1.78 bits per heavy atom. The molecule has 1 rings (SSSR count). The normalized spacial score (nSPS) is 43.7. The van der Waals surface area contributed by atoms with Gasteiger partial charge in [-0.3, -0.25) is 0 Å². The van der Waals surface area contributed by atoms with E-state index >= 15 is 0 Å². The summed E-state index contributed by atoms with van der Waals surface area (Å²) >= 11 is 0. The molecule has 0 aromatic rings. The minimum Gasteiger partial charge on any atom is -0.377 e. The first-order valence-electron chi connectivity index (χ1n) is 3.57. The predicted octanol–water partition coefficient (Wildman–Crippen LogP) is 0.903. The van der Waals surface area contributed by atoms with Crippen LogP contribution in [-0.4, -0.2) is 18.2 Å². The lowest BCUT2D eigenvalue weighted by Gasteiger charge is -2.18. The van der Waals surface area contributed by atoms with Crippen LogP contribution >= 0.6 is 0 Å². The highest BCUT2D eigenvalue weighted by Gasteiger charge is 2.32. The highest BCUT2D eigenvalue weighted by molar-refractivity contribution is 4.89. The van der Waals surface area contributed by atoms with E-state index in [1.165, 1.54) is 0 Å². The molecule has 1 aliphatic rings. The Bertz CT molecular complexity index is 105. The van der Waals surface area contributed by atoms with Crippen LogP contribution in [0.4, 0.5) is 0 Å². The van der Waals surface area contributed by atoms with Crippen molar-refractivity contribution in [1.29, 1.82) is 0 Å². The van der Waals surface area contributed by atoms with E-state index < -0.39 is 0 Å². The molecule has 1 fully saturated rings. The van der Waals surface area contributed by atoms with Gasteiger partial charge in [0.25, 0.3) is 0 Å². The average Bonchev–Trinajstić information content (AvgIpc) is 2.13. The molecule has 54 valence electrons. The van der Waals surface area contributed by atoms with E-state index in [9.17, 15) is 0 Å². The molecule has 9 heavy (non-hydrogen) atoms. The van der Waals surface area contributed by atoms with Crippen molar-refractivity contribution < 1.29 is 4.74 Å². The van der Waals surface area contributed by atoms with Gasteiger partial charge in [-0.25, -0.2) is 0 Å². The maximum absolute atomic E-state index is 5.92. The Balaban J connectivity index is 2.45. The van der Waals surface area contributed by atoms with Crippen molar-refractivity contribution >= 4 is 0 Å². The lowest BCUT2D eigenvalue weighted by Crippen LogP contribution is -2.39. The molecular weight excluding hydrogens is 114 g/mol. The summed E-state index contributed by atoms with van der Waals surface area (Å²) < 4.78 is 5.33. The molecule has 2 N–H and O–H groups in total. The zero-order chi connectivity index (χ0) is 6.91. The van der Waals surface area contributed by atoms with E-state index in [1.54, 1.807) is 0 Å². The lowest BCUT2D eigenvalue weighted by atomic mass is 9.95. The Morgan fingerprint density at radius 2 is 2.44 bits per heavy atom. The quantitative estimate of drug-likeness (QED) is 0.571. The van der Waals surface area contributed by atoms with E-state index in [2.05, 4.69) is 13.8 Å². The van der Waals surface area contributed by atoms with Gasteiger partial charge in [-0.15, -0.1) is 0 Å². The van der Waals surface area contributed by atoms with Gasteiger partial charge in [-0.1, -0.05) is 6.92 Å². The number of hydrogen-bond acceptors (Lipinski definition) is 2. The number of hydrogen-bond donors (Lipinski definition) is 1. The van der Waals surface area contributed by atoms with E-state index in [-0.39, 0.29) is 5.54 Å². The van der Waals surface area contributed by atoms with Crippen LogP contribution in [-0.2, 0) is 4.74 Å². The van der Waals surface area contributed by atoms with E-state index in [1.807, 2.05) is 0 Å². The average molecular weight is 129 g/mol. The maximum Gasteiger partial charge on any atom is 0.0650 e. The molecule has 2 atom stereocenters. The molecule has 2 nitrogen and oxygen atoms in total. The van der Waals surface area contributed by atoms with Gasteiger partial charge in [0.05, 0.1) is 12.7 Å². The van der Waals surface area contributed by atoms with Crippen LogP contribution in [0.3, 0.4) is 0 Å². The maximum atomic E-state index is 5.92. The first-order chi connectivity index (χ1) is 4.16. The molecule has 0 aromatic heterocycles. The van der Waals surface area contributed by atoms with Gasteiger partial charge in [-0.05, 0) is 19.8 Å². The van der Waals surface area contributed by atoms with E-state index in [4.69, 9.17) is 10.5 Å². The third-order valence-electron chi connectivity index (χ3n) is 2.05. The zero-order valence-electron chi connectivity index (χ0n) is 6.18. The summed E-state index contributed by atoms with van der Waals surface area (Å²) in [5, 5.41) is 0. The van der Waals surface area contributed by atoms with E-state index in [0.717, 1.165) is 19.4 Å². The van der Waals surface area contributed by atoms with Gasteiger partial charge in [0.15, 0.2) is 0 Å². The molecule has 0 aromatic carbocycles. The van der Waals surface area contributed by atoms with Gasteiger partial charge < -0.3 is 10.5 Å². The number of ether oxygens (including phenoxy) is 1. The monoisotopic (exact) mass is 129 g/mol. The van der Waals surface area contributed by atoms with Gasteiger partial charge in [-0.2, -0.15) is 0 Å². The van der Waals surface area contributed by atoms with Crippen molar-refractivity contribution in [2.24, 2.45) is 5.73 Å². The molecule has 0 bridgehead atoms. The summed E-state index contributed by atoms with van der Waals surface area (Å²) in [7, 11) is 0. The molecule has 2 unspecified atom stereocenters. The van der Waals surface area contributed by atoms with Gasteiger partial charge in [0.2, 0.25) is 0 Å². The van der Waals surface area contributed by atoms with Crippen LogP contribution < -0.4 is 5.73 Å². The Hall–Kier alpha value is -0.0800. The predicted molar refractivity (Wildman–Crippen MR) is 37.2 cm³/mol. The van der Waals surface area contributed by atoms with Crippen LogP contribution in [0.25, 0.3) is 0 Å². The van der Waals surface area contributed by atoms with Gasteiger partial charge in [0, 0.05) is 5.54 Å². The van der Waals surface area contributed by atoms with Gasteiger partial charge >= 0.3 is 0 Å². The van der Waals surface area contributed by atoms with Crippen LogP contribution in [0.1, 0.15) is 26.7 Å². The fourth-order valence-electron chi connectivity index (χ4n) is 1.24. The highest BCUT2D eigenvalue weighted by atomic mass is 16.5. The summed E-state index contributed by atoms with van der Waals surface area (Å²) in [5.74, 6) is 0. The highest BCUT2D eigenvalue weighted by Crippen LogP contribution is 2.23. The molecule has 0 spiro atoms. The van der Waals surface area contributed by atoms with Crippen molar-refractivity contribution in [1.82, 2.24) is 0 Å². The largest absolute Gasteiger partial charge is 0.377 e. The standard InChI is InChI=1S/C7H15NO/c1-3-7(8)4-6(2)9-5-7/h6H,3-5,8H2,1-2H3. The second-order valence-electron chi connectivity index (χ2n) is 3.04. The molecule has 0 radical (unpaired) electrons. The Kier molecular flexibility index (Phi) is 1.78. The van der Waals surface area contributed by atoms with Crippen LogP contribution in [0.15, 0.2) is 0 Å². The van der Waals surface area contributed by atoms with Crippen molar-refractivity contribution in [3.63, 3.8) is 0 Å². The second-order valence-corrected chi connectivity index (χ2v) is 3.04. The first kappa shape index (κ1) is 7.03. The smallest absolute Gasteiger partial charge is 0.0650 e. The number of nitrogens with two attached hydrogens (primary N) is 1. The fraction of sp³-hybridized carbons (Fsp3) is 1.00. The topological polar surface area (TPSA) is 35.2 Å². The zero-order valence-corrected chi connectivity index (χ0v) is 6.18. The van der Waals surface area contributed by atoms with Gasteiger partial charge in [0.1, 0.15) is 0 Å².